The predicted molar refractivity (Wildman–Crippen MR) is 64.1 cm³/mol. The average Bonchev–Trinajstić information content (AvgIpc) is 2.50. The Kier molecular flexibility index (Phi) is 3.39. The first-order valence-corrected chi connectivity index (χ1v) is 6.60. The molecule has 0 bridgehead atoms. The van der Waals surface area contributed by atoms with E-state index in [1.165, 1.54) is 0 Å². The van der Waals surface area contributed by atoms with Gasteiger partial charge in [0.05, 0.1) is 6.61 Å². The van der Waals surface area contributed by atoms with E-state index in [4.69, 9.17) is 10.1 Å². The van der Waals surface area contributed by atoms with Gasteiger partial charge in [0.1, 0.15) is 11.4 Å². The normalized spacial score (nSPS) is 23.9. The van der Waals surface area contributed by atoms with Gasteiger partial charge < -0.3 is 9.64 Å². The van der Waals surface area contributed by atoms with Crippen LogP contribution in [0.2, 0.25) is 0 Å². The molecule has 0 aromatic carbocycles. The second-order valence-corrected chi connectivity index (χ2v) is 5.32. The minimum Gasteiger partial charge on any atom is -0.383 e. The van der Waals surface area contributed by atoms with Gasteiger partial charge in [-0.25, -0.2) is 4.79 Å². The van der Waals surface area contributed by atoms with Crippen LogP contribution in [0.3, 0.4) is 0 Å². The van der Waals surface area contributed by atoms with Crippen molar-refractivity contribution in [3.05, 3.63) is 0 Å². The Labute approximate surface area is 99.4 Å². The van der Waals surface area contributed by atoms with Gasteiger partial charge in [0.2, 0.25) is 0 Å². The summed E-state index contributed by atoms with van der Waals surface area (Å²) in [6, 6.07) is -0.144. The molecule has 6 heteroatoms. The molecule has 16 heavy (non-hydrogen) atoms. The zero-order valence-corrected chi connectivity index (χ0v) is 10.2. The highest BCUT2D eigenvalue weighted by molar-refractivity contribution is 7.99. The Morgan fingerprint density at radius 3 is 2.88 bits per heavy atom. The van der Waals surface area contributed by atoms with E-state index < -0.39 is 0 Å². The Bertz CT molecular complexity index is 302. The van der Waals surface area contributed by atoms with Gasteiger partial charge in [-0.05, 0) is 24.3 Å². The number of carbonyl (C=O) groups is 1. The monoisotopic (exact) mass is 243 g/mol. The van der Waals surface area contributed by atoms with Gasteiger partial charge in [-0.15, -0.1) is 0 Å². The van der Waals surface area contributed by atoms with E-state index in [1.807, 2.05) is 11.8 Å². The molecule has 0 radical (unpaired) electrons. The molecule has 2 heterocycles. The van der Waals surface area contributed by atoms with Crippen LogP contribution in [0.15, 0.2) is 0 Å². The van der Waals surface area contributed by atoms with Crippen molar-refractivity contribution < 1.29 is 9.53 Å². The van der Waals surface area contributed by atoms with Gasteiger partial charge in [0.25, 0.3) is 0 Å². The number of ether oxygens (including phenoxy) is 1. The molecule has 0 aromatic heterocycles. The first kappa shape index (κ1) is 11.7. The molecule has 90 valence electrons. The van der Waals surface area contributed by atoms with Crippen molar-refractivity contribution in [2.45, 2.75) is 18.4 Å². The summed E-state index contributed by atoms with van der Waals surface area (Å²) >= 11 is 1.89. The number of amides is 2. The molecule has 2 rings (SSSR count). The highest BCUT2D eigenvalue weighted by Gasteiger charge is 2.50. The minimum absolute atomic E-state index is 0.144. The molecule has 2 aliphatic rings. The summed E-state index contributed by atoms with van der Waals surface area (Å²) in [6.45, 7) is 1.09. The number of hydrogen-bond acceptors (Lipinski definition) is 4. The first-order chi connectivity index (χ1) is 7.70. The lowest BCUT2D eigenvalue weighted by atomic mass is 9.90. The molecule has 5 nitrogen and oxygen atoms in total. The maximum absolute atomic E-state index is 11.8. The number of nitrogens with one attached hydrogen (secondary N) is 2. The average molecular weight is 243 g/mol. The van der Waals surface area contributed by atoms with E-state index in [9.17, 15) is 4.79 Å². The highest BCUT2D eigenvalue weighted by atomic mass is 32.2. The number of rotatable bonds is 3. The summed E-state index contributed by atoms with van der Waals surface area (Å²) in [4.78, 5) is 13.6. The lowest BCUT2D eigenvalue weighted by Gasteiger charge is -2.39. The van der Waals surface area contributed by atoms with Gasteiger partial charge in [-0.2, -0.15) is 11.8 Å². The molecule has 1 spiro atoms. The van der Waals surface area contributed by atoms with Crippen LogP contribution in [-0.4, -0.2) is 54.1 Å². The van der Waals surface area contributed by atoms with Crippen molar-refractivity contribution in [2.75, 3.05) is 31.8 Å². The zero-order valence-electron chi connectivity index (χ0n) is 9.41. The number of nitrogens with zero attached hydrogens (tertiary/aromatic N) is 1. The maximum Gasteiger partial charge on any atom is 0.323 e. The van der Waals surface area contributed by atoms with Crippen LogP contribution in [0.4, 0.5) is 4.79 Å². The summed E-state index contributed by atoms with van der Waals surface area (Å²) in [7, 11) is 1.63. The van der Waals surface area contributed by atoms with Crippen molar-refractivity contribution in [2.24, 2.45) is 0 Å². The number of urea groups is 1. The first-order valence-electron chi connectivity index (χ1n) is 5.45. The summed E-state index contributed by atoms with van der Waals surface area (Å²) in [5, 5.41) is 10.6. The fourth-order valence-corrected chi connectivity index (χ4v) is 3.52. The number of methoxy groups -OCH3 is 1. The van der Waals surface area contributed by atoms with Crippen LogP contribution in [0.25, 0.3) is 0 Å². The van der Waals surface area contributed by atoms with Crippen LogP contribution in [0.1, 0.15) is 12.8 Å². The van der Waals surface area contributed by atoms with Crippen molar-refractivity contribution in [3.8, 4) is 0 Å². The predicted octanol–water partition coefficient (Wildman–Crippen LogP) is 0.901. The van der Waals surface area contributed by atoms with E-state index in [1.54, 1.807) is 12.0 Å². The van der Waals surface area contributed by atoms with Crippen LogP contribution in [0.5, 0.6) is 0 Å². The SMILES string of the molecule is COCCN1C(=O)NC(=N)C12CCSCC2. The molecular formula is C10H17N3O2S. The fourth-order valence-electron chi connectivity index (χ4n) is 2.35. The molecule has 2 aliphatic heterocycles. The summed E-state index contributed by atoms with van der Waals surface area (Å²) in [6.07, 6.45) is 1.75. The minimum atomic E-state index is -0.374. The van der Waals surface area contributed by atoms with Crippen LogP contribution < -0.4 is 5.32 Å². The zero-order chi connectivity index (χ0) is 11.6. The lowest BCUT2D eigenvalue weighted by Crippen LogP contribution is -2.52. The molecule has 0 saturated carbocycles. The van der Waals surface area contributed by atoms with Gasteiger partial charge >= 0.3 is 6.03 Å². The van der Waals surface area contributed by atoms with Crippen molar-refractivity contribution in [3.63, 3.8) is 0 Å². The van der Waals surface area contributed by atoms with Gasteiger partial charge in [-0.3, -0.25) is 10.7 Å². The number of thioether (sulfide) groups is 1. The standard InChI is InChI=1S/C10H17N3O2S/c1-15-5-4-13-9(14)12-8(11)10(13)2-6-16-7-3-10/h2-7H2,1H3,(H2,11,12,14). The molecule has 0 aromatic rings. The van der Waals surface area contributed by atoms with Crippen molar-refractivity contribution >= 4 is 23.6 Å². The summed E-state index contributed by atoms with van der Waals surface area (Å²) in [5.41, 5.74) is -0.374. The van der Waals surface area contributed by atoms with Crippen LogP contribution >= 0.6 is 11.8 Å². The summed E-state index contributed by atoms with van der Waals surface area (Å²) in [5.74, 6) is 2.40. The molecule has 2 fully saturated rings. The van der Waals surface area contributed by atoms with Gasteiger partial charge in [-0.1, -0.05) is 0 Å². The third kappa shape index (κ3) is 1.80. The van der Waals surface area contributed by atoms with E-state index in [0.29, 0.717) is 19.0 Å². The Morgan fingerprint density at radius 2 is 2.25 bits per heavy atom. The van der Waals surface area contributed by atoms with E-state index in [0.717, 1.165) is 24.3 Å². The van der Waals surface area contributed by atoms with Crippen molar-refractivity contribution in [1.82, 2.24) is 10.2 Å². The summed E-state index contributed by atoms with van der Waals surface area (Å²) < 4.78 is 5.02. The van der Waals surface area contributed by atoms with E-state index in [2.05, 4.69) is 5.32 Å². The fraction of sp³-hybridized carbons (Fsp3) is 0.800. The highest BCUT2D eigenvalue weighted by Crippen LogP contribution is 2.35. The molecule has 2 saturated heterocycles. The number of hydrogen-bond donors (Lipinski definition) is 2. The van der Waals surface area contributed by atoms with Crippen LogP contribution in [0, 0.1) is 5.41 Å². The topological polar surface area (TPSA) is 65.4 Å². The molecule has 0 unspecified atom stereocenters. The quantitative estimate of drug-likeness (QED) is 0.774. The van der Waals surface area contributed by atoms with Gasteiger partial charge in [0.15, 0.2) is 0 Å². The lowest BCUT2D eigenvalue weighted by molar-refractivity contribution is 0.120. The second-order valence-electron chi connectivity index (χ2n) is 4.09. The van der Waals surface area contributed by atoms with Crippen molar-refractivity contribution in [1.29, 1.82) is 5.41 Å². The van der Waals surface area contributed by atoms with Gasteiger partial charge in [0, 0.05) is 13.7 Å². The Balaban J connectivity index is 2.17. The Hall–Kier alpha value is -0.750. The third-order valence-electron chi connectivity index (χ3n) is 3.30. The third-order valence-corrected chi connectivity index (χ3v) is 4.28. The number of amidine groups is 1. The Morgan fingerprint density at radius 1 is 1.56 bits per heavy atom. The molecular weight excluding hydrogens is 226 g/mol. The molecule has 2 N–H and O–H groups in total. The molecule has 2 amide bonds. The smallest absolute Gasteiger partial charge is 0.323 e. The largest absolute Gasteiger partial charge is 0.383 e. The van der Waals surface area contributed by atoms with E-state index in [-0.39, 0.29) is 11.6 Å². The second kappa shape index (κ2) is 4.63. The van der Waals surface area contributed by atoms with Crippen LogP contribution in [-0.2, 0) is 4.74 Å². The van der Waals surface area contributed by atoms with E-state index >= 15 is 0 Å². The number of carbonyl (C=O) groups excluding carboxylic acids is 1. The maximum atomic E-state index is 11.8. The molecule has 0 aliphatic carbocycles. The molecule has 0 atom stereocenters.